The second-order valence-electron chi connectivity index (χ2n) is 5.51. The van der Waals surface area contributed by atoms with Gasteiger partial charge in [0, 0.05) is 6.42 Å². The molecule has 0 spiro atoms. The number of ether oxygens (including phenoxy) is 1. The molecule has 0 saturated carbocycles. The maximum atomic E-state index is 12.7. The predicted molar refractivity (Wildman–Crippen MR) is 91.0 cm³/mol. The summed E-state index contributed by atoms with van der Waals surface area (Å²) < 4.78 is 43.6. The SMILES string of the molecule is Cc1cccc(OCCCC(=O)Nc2cc(C(F)(F)F)ccc2Cl)c1. The Hall–Kier alpha value is -2.21. The van der Waals surface area contributed by atoms with Gasteiger partial charge in [-0.3, -0.25) is 4.79 Å². The number of carbonyl (C=O) groups excluding carboxylic acids is 1. The first kappa shape index (κ1) is 19.1. The number of hydrogen-bond acceptors (Lipinski definition) is 2. The minimum Gasteiger partial charge on any atom is -0.494 e. The lowest BCUT2D eigenvalue weighted by Crippen LogP contribution is -2.14. The molecule has 0 radical (unpaired) electrons. The molecule has 0 aliphatic carbocycles. The highest BCUT2D eigenvalue weighted by atomic mass is 35.5. The fourth-order valence-electron chi connectivity index (χ4n) is 2.14. The van der Waals surface area contributed by atoms with E-state index in [0.717, 1.165) is 23.8 Å². The first-order valence-electron chi connectivity index (χ1n) is 7.62. The predicted octanol–water partition coefficient (Wildman–Crippen LogP) is 5.46. The third-order valence-electron chi connectivity index (χ3n) is 3.37. The molecule has 0 heterocycles. The number of benzene rings is 2. The molecule has 134 valence electrons. The van der Waals surface area contributed by atoms with Crippen molar-refractivity contribution in [3.05, 3.63) is 58.6 Å². The average molecular weight is 372 g/mol. The van der Waals surface area contributed by atoms with Crippen molar-refractivity contribution in [1.29, 1.82) is 0 Å². The molecule has 0 bridgehead atoms. The van der Waals surface area contributed by atoms with E-state index in [1.54, 1.807) is 0 Å². The Morgan fingerprint density at radius 1 is 1.20 bits per heavy atom. The van der Waals surface area contributed by atoms with Crippen LogP contribution in [0.4, 0.5) is 18.9 Å². The zero-order chi connectivity index (χ0) is 18.4. The Balaban J connectivity index is 1.84. The van der Waals surface area contributed by atoms with E-state index in [1.807, 2.05) is 31.2 Å². The Morgan fingerprint density at radius 3 is 2.64 bits per heavy atom. The molecule has 0 aliphatic rings. The molecule has 1 amide bonds. The number of alkyl halides is 3. The number of carbonyl (C=O) groups is 1. The topological polar surface area (TPSA) is 38.3 Å². The van der Waals surface area contributed by atoms with Crippen LogP contribution in [0.15, 0.2) is 42.5 Å². The number of nitrogens with one attached hydrogen (secondary N) is 1. The van der Waals surface area contributed by atoms with Crippen LogP contribution in [0.3, 0.4) is 0 Å². The lowest BCUT2D eigenvalue weighted by molar-refractivity contribution is -0.137. The molecule has 0 saturated heterocycles. The number of rotatable bonds is 6. The fourth-order valence-corrected chi connectivity index (χ4v) is 2.30. The van der Waals surface area contributed by atoms with E-state index in [2.05, 4.69) is 5.32 Å². The van der Waals surface area contributed by atoms with Crippen LogP contribution in [0, 0.1) is 6.92 Å². The third-order valence-corrected chi connectivity index (χ3v) is 3.70. The smallest absolute Gasteiger partial charge is 0.416 e. The number of anilines is 1. The van der Waals surface area contributed by atoms with Gasteiger partial charge in [0.1, 0.15) is 5.75 Å². The van der Waals surface area contributed by atoms with E-state index >= 15 is 0 Å². The number of aryl methyl sites for hydroxylation is 1. The molecule has 0 atom stereocenters. The van der Waals surface area contributed by atoms with Gasteiger partial charge < -0.3 is 10.1 Å². The normalized spacial score (nSPS) is 11.2. The van der Waals surface area contributed by atoms with Crippen molar-refractivity contribution in [3.8, 4) is 5.75 Å². The van der Waals surface area contributed by atoms with Crippen molar-refractivity contribution in [2.24, 2.45) is 0 Å². The Bertz CT molecular complexity index is 747. The summed E-state index contributed by atoms with van der Waals surface area (Å²) in [6.07, 6.45) is -3.96. The molecule has 7 heteroatoms. The standard InChI is InChI=1S/C18H17ClF3NO2/c1-12-4-2-5-14(10-12)25-9-3-6-17(24)23-16-11-13(18(20,21)22)7-8-15(16)19/h2,4-5,7-8,10-11H,3,6,9H2,1H3,(H,23,24). The summed E-state index contributed by atoms with van der Waals surface area (Å²) in [5.74, 6) is 0.287. The van der Waals surface area contributed by atoms with E-state index in [-0.39, 0.29) is 17.1 Å². The van der Waals surface area contributed by atoms with Crippen molar-refractivity contribution >= 4 is 23.2 Å². The highest BCUT2D eigenvalue weighted by Crippen LogP contribution is 2.33. The molecule has 0 unspecified atom stereocenters. The largest absolute Gasteiger partial charge is 0.494 e. The van der Waals surface area contributed by atoms with Crippen molar-refractivity contribution in [2.75, 3.05) is 11.9 Å². The summed E-state index contributed by atoms with van der Waals surface area (Å²) >= 11 is 5.84. The number of amides is 1. The molecule has 0 aliphatic heterocycles. The van der Waals surface area contributed by atoms with Crippen molar-refractivity contribution in [2.45, 2.75) is 25.9 Å². The van der Waals surface area contributed by atoms with Crippen molar-refractivity contribution in [3.63, 3.8) is 0 Å². The van der Waals surface area contributed by atoms with Crippen LogP contribution in [-0.4, -0.2) is 12.5 Å². The maximum Gasteiger partial charge on any atom is 0.416 e. The summed E-state index contributed by atoms with van der Waals surface area (Å²) in [6.45, 7) is 2.27. The number of hydrogen-bond donors (Lipinski definition) is 1. The van der Waals surface area contributed by atoms with Gasteiger partial charge in [0.2, 0.25) is 5.91 Å². The molecule has 25 heavy (non-hydrogen) atoms. The van der Waals surface area contributed by atoms with E-state index < -0.39 is 17.6 Å². The molecule has 2 aromatic carbocycles. The monoisotopic (exact) mass is 371 g/mol. The molecule has 2 aromatic rings. The van der Waals surface area contributed by atoms with Gasteiger partial charge in [0.25, 0.3) is 0 Å². The third kappa shape index (κ3) is 5.98. The summed E-state index contributed by atoms with van der Waals surface area (Å²) in [7, 11) is 0. The summed E-state index contributed by atoms with van der Waals surface area (Å²) in [6, 6.07) is 10.3. The van der Waals surface area contributed by atoms with Crippen LogP contribution in [0.1, 0.15) is 24.0 Å². The highest BCUT2D eigenvalue weighted by molar-refractivity contribution is 6.33. The van der Waals surface area contributed by atoms with Gasteiger partial charge in [-0.1, -0.05) is 23.7 Å². The van der Waals surface area contributed by atoms with Crippen LogP contribution < -0.4 is 10.1 Å². The lowest BCUT2D eigenvalue weighted by atomic mass is 10.2. The molecular weight excluding hydrogens is 355 g/mol. The van der Waals surface area contributed by atoms with Crippen LogP contribution in [0.2, 0.25) is 5.02 Å². The average Bonchev–Trinajstić information content (AvgIpc) is 2.53. The van der Waals surface area contributed by atoms with Crippen LogP contribution in [0.5, 0.6) is 5.75 Å². The Kier molecular flexibility index (Phi) is 6.31. The van der Waals surface area contributed by atoms with Crippen molar-refractivity contribution in [1.82, 2.24) is 0 Å². The van der Waals surface area contributed by atoms with E-state index in [9.17, 15) is 18.0 Å². The lowest BCUT2D eigenvalue weighted by Gasteiger charge is -2.12. The zero-order valence-corrected chi connectivity index (χ0v) is 14.2. The van der Waals surface area contributed by atoms with E-state index in [0.29, 0.717) is 18.8 Å². The van der Waals surface area contributed by atoms with Gasteiger partial charge in [0.05, 0.1) is 22.9 Å². The van der Waals surface area contributed by atoms with Crippen LogP contribution in [0.25, 0.3) is 0 Å². The van der Waals surface area contributed by atoms with Crippen LogP contribution >= 0.6 is 11.6 Å². The first-order chi connectivity index (χ1) is 11.8. The quantitative estimate of drug-likeness (QED) is 0.684. The maximum absolute atomic E-state index is 12.7. The molecule has 2 rings (SSSR count). The van der Waals surface area contributed by atoms with E-state index in [1.165, 1.54) is 0 Å². The molecule has 0 fully saturated rings. The van der Waals surface area contributed by atoms with Crippen LogP contribution in [-0.2, 0) is 11.0 Å². The van der Waals surface area contributed by atoms with Gasteiger partial charge in [0.15, 0.2) is 0 Å². The molecule has 0 aromatic heterocycles. The second kappa shape index (κ2) is 8.25. The minimum atomic E-state index is -4.49. The summed E-state index contributed by atoms with van der Waals surface area (Å²) in [4.78, 5) is 11.9. The highest BCUT2D eigenvalue weighted by Gasteiger charge is 2.31. The zero-order valence-electron chi connectivity index (χ0n) is 13.5. The summed E-state index contributed by atoms with van der Waals surface area (Å²) in [5.41, 5.74) is 0.144. The van der Waals surface area contributed by atoms with Gasteiger partial charge in [-0.15, -0.1) is 0 Å². The second-order valence-corrected chi connectivity index (χ2v) is 5.92. The summed E-state index contributed by atoms with van der Waals surface area (Å²) in [5, 5.41) is 2.46. The van der Waals surface area contributed by atoms with Gasteiger partial charge >= 0.3 is 6.18 Å². The van der Waals surface area contributed by atoms with Crippen molar-refractivity contribution < 1.29 is 22.7 Å². The van der Waals surface area contributed by atoms with Gasteiger partial charge in [-0.25, -0.2) is 0 Å². The fraction of sp³-hybridized carbons (Fsp3) is 0.278. The van der Waals surface area contributed by atoms with E-state index in [4.69, 9.17) is 16.3 Å². The molecule has 3 nitrogen and oxygen atoms in total. The number of halogens is 4. The van der Waals surface area contributed by atoms with Gasteiger partial charge in [-0.2, -0.15) is 13.2 Å². The Morgan fingerprint density at radius 2 is 1.96 bits per heavy atom. The molecule has 1 N–H and O–H groups in total. The Labute approximate surface area is 148 Å². The molecular formula is C18H17ClF3NO2. The minimum absolute atomic E-state index is 0.0531. The first-order valence-corrected chi connectivity index (χ1v) is 7.99. The van der Waals surface area contributed by atoms with Gasteiger partial charge in [-0.05, 0) is 49.2 Å².